The van der Waals surface area contributed by atoms with Gasteiger partial charge in [0.1, 0.15) is 0 Å². The summed E-state index contributed by atoms with van der Waals surface area (Å²) in [5, 5.41) is 5.80. The maximum Gasteiger partial charge on any atom is 0.261 e. The molecule has 0 saturated carbocycles. The Labute approximate surface area is 189 Å². The summed E-state index contributed by atoms with van der Waals surface area (Å²) in [6.45, 7) is 6.82. The molecule has 5 rings (SSSR count). The van der Waals surface area contributed by atoms with E-state index in [0.29, 0.717) is 17.7 Å². The molecule has 2 aliphatic rings. The molecule has 1 saturated heterocycles. The SMILES string of the molecule is O=C1c2ccccc2C(=O)N1CCN1CCN(CCn2cc3c(Br)cccc3n2)CC1. The van der Waals surface area contributed by atoms with Gasteiger partial charge in [0.2, 0.25) is 0 Å². The summed E-state index contributed by atoms with van der Waals surface area (Å²) in [6.07, 6.45) is 2.09. The molecule has 160 valence electrons. The second-order valence-electron chi connectivity index (χ2n) is 8.06. The van der Waals surface area contributed by atoms with Crippen molar-refractivity contribution in [1.29, 1.82) is 0 Å². The van der Waals surface area contributed by atoms with Crippen LogP contribution in [0.1, 0.15) is 20.7 Å². The highest BCUT2D eigenvalue weighted by molar-refractivity contribution is 9.10. The molecule has 2 amide bonds. The Hall–Kier alpha value is -2.55. The van der Waals surface area contributed by atoms with E-state index in [2.05, 4.69) is 37.0 Å². The van der Waals surface area contributed by atoms with Crippen LogP contribution in [0.15, 0.2) is 53.1 Å². The van der Waals surface area contributed by atoms with E-state index < -0.39 is 0 Å². The number of rotatable bonds is 6. The highest BCUT2D eigenvalue weighted by Gasteiger charge is 2.35. The number of carbonyl (C=O) groups is 2. The molecule has 0 bridgehead atoms. The molecule has 0 radical (unpaired) electrons. The average molecular weight is 482 g/mol. The molecular formula is C23H24BrN5O2. The quantitative estimate of drug-likeness (QED) is 0.506. The number of benzene rings is 2. The topological polar surface area (TPSA) is 61.7 Å². The van der Waals surface area contributed by atoms with Crippen LogP contribution in [0.3, 0.4) is 0 Å². The Morgan fingerprint density at radius 2 is 1.39 bits per heavy atom. The fraction of sp³-hybridized carbons (Fsp3) is 0.348. The number of fused-ring (bicyclic) bond motifs is 2. The average Bonchev–Trinajstić information content (AvgIpc) is 3.32. The van der Waals surface area contributed by atoms with E-state index in [4.69, 9.17) is 0 Å². The molecule has 2 aliphatic heterocycles. The van der Waals surface area contributed by atoms with Gasteiger partial charge in [-0.1, -0.05) is 34.1 Å². The van der Waals surface area contributed by atoms with Gasteiger partial charge in [-0.25, -0.2) is 0 Å². The molecule has 31 heavy (non-hydrogen) atoms. The van der Waals surface area contributed by atoms with E-state index in [-0.39, 0.29) is 11.8 Å². The van der Waals surface area contributed by atoms with Crippen LogP contribution in [0, 0.1) is 0 Å². The zero-order valence-electron chi connectivity index (χ0n) is 17.2. The molecule has 0 spiro atoms. The largest absolute Gasteiger partial charge is 0.299 e. The van der Waals surface area contributed by atoms with Crippen LogP contribution in [-0.2, 0) is 6.54 Å². The van der Waals surface area contributed by atoms with Crippen LogP contribution >= 0.6 is 15.9 Å². The molecule has 1 aromatic heterocycles. The van der Waals surface area contributed by atoms with Crippen molar-refractivity contribution in [2.45, 2.75) is 6.54 Å². The number of carbonyl (C=O) groups excluding carboxylic acids is 2. The second-order valence-corrected chi connectivity index (χ2v) is 8.91. The van der Waals surface area contributed by atoms with E-state index in [0.717, 1.165) is 61.2 Å². The predicted molar refractivity (Wildman–Crippen MR) is 122 cm³/mol. The minimum atomic E-state index is -0.169. The molecule has 0 atom stereocenters. The molecule has 0 aliphatic carbocycles. The number of hydrogen-bond acceptors (Lipinski definition) is 5. The lowest BCUT2D eigenvalue weighted by molar-refractivity contribution is 0.0614. The van der Waals surface area contributed by atoms with E-state index in [1.165, 1.54) is 4.90 Å². The Kier molecular flexibility index (Phi) is 5.60. The fourth-order valence-electron chi connectivity index (χ4n) is 4.34. The number of imide groups is 1. The van der Waals surface area contributed by atoms with E-state index in [1.807, 2.05) is 22.9 Å². The molecular weight excluding hydrogens is 458 g/mol. The van der Waals surface area contributed by atoms with Gasteiger partial charge >= 0.3 is 0 Å². The molecule has 2 aromatic carbocycles. The Bertz CT molecular complexity index is 1100. The highest BCUT2D eigenvalue weighted by atomic mass is 79.9. The van der Waals surface area contributed by atoms with Crippen LogP contribution in [0.2, 0.25) is 0 Å². The predicted octanol–water partition coefficient (Wildman–Crippen LogP) is 2.71. The van der Waals surface area contributed by atoms with Crippen molar-refractivity contribution >= 4 is 38.6 Å². The van der Waals surface area contributed by atoms with Crippen molar-refractivity contribution < 1.29 is 9.59 Å². The summed E-state index contributed by atoms with van der Waals surface area (Å²) in [7, 11) is 0. The van der Waals surface area contributed by atoms with Gasteiger partial charge in [-0.05, 0) is 24.3 Å². The summed E-state index contributed by atoms with van der Waals surface area (Å²) in [4.78, 5) is 31.2. The van der Waals surface area contributed by atoms with Crippen molar-refractivity contribution in [3.8, 4) is 0 Å². The lowest BCUT2D eigenvalue weighted by atomic mass is 10.1. The van der Waals surface area contributed by atoms with Crippen molar-refractivity contribution in [3.05, 3.63) is 64.3 Å². The molecule has 7 nitrogen and oxygen atoms in total. The summed E-state index contributed by atoms with van der Waals surface area (Å²) >= 11 is 3.58. The molecule has 3 heterocycles. The minimum absolute atomic E-state index is 0.169. The summed E-state index contributed by atoms with van der Waals surface area (Å²) < 4.78 is 3.09. The third-order valence-corrected chi connectivity index (χ3v) is 6.86. The second kappa shape index (κ2) is 8.53. The molecule has 1 fully saturated rings. The molecule has 0 unspecified atom stereocenters. The number of nitrogens with zero attached hydrogens (tertiary/aromatic N) is 5. The van der Waals surface area contributed by atoms with Crippen molar-refractivity contribution in [3.63, 3.8) is 0 Å². The number of amides is 2. The zero-order valence-corrected chi connectivity index (χ0v) is 18.8. The Morgan fingerprint density at radius 3 is 2.00 bits per heavy atom. The number of aromatic nitrogens is 2. The zero-order chi connectivity index (χ0) is 21.4. The van der Waals surface area contributed by atoms with Gasteiger partial charge in [-0.15, -0.1) is 0 Å². The lowest BCUT2D eigenvalue weighted by Crippen LogP contribution is -2.49. The first-order valence-corrected chi connectivity index (χ1v) is 11.4. The first-order chi connectivity index (χ1) is 15.1. The van der Waals surface area contributed by atoms with Crippen LogP contribution < -0.4 is 0 Å². The Morgan fingerprint density at radius 1 is 0.774 bits per heavy atom. The standard InChI is InChI=1S/C23H24BrN5O2/c24-20-6-3-7-21-19(20)16-28(25-21)14-12-26-8-10-27(11-9-26)13-15-29-22(30)17-4-1-2-5-18(17)23(29)31/h1-7,16H,8-15H2. The molecule has 3 aromatic rings. The highest BCUT2D eigenvalue weighted by Crippen LogP contribution is 2.23. The smallest absolute Gasteiger partial charge is 0.261 e. The van der Waals surface area contributed by atoms with Gasteiger partial charge in [0, 0.05) is 61.9 Å². The van der Waals surface area contributed by atoms with Gasteiger partial charge in [-0.2, -0.15) is 5.10 Å². The normalized spacial score (nSPS) is 17.6. The van der Waals surface area contributed by atoms with Gasteiger partial charge in [0.05, 0.1) is 23.2 Å². The molecule has 0 N–H and O–H groups in total. The van der Waals surface area contributed by atoms with E-state index >= 15 is 0 Å². The van der Waals surface area contributed by atoms with Gasteiger partial charge in [0.15, 0.2) is 0 Å². The minimum Gasteiger partial charge on any atom is -0.299 e. The third kappa shape index (κ3) is 4.03. The maximum absolute atomic E-state index is 12.5. The summed E-state index contributed by atoms with van der Waals surface area (Å²) in [6, 6.07) is 13.1. The van der Waals surface area contributed by atoms with Crippen molar-refractivity contribution in [2.24, 2.45) is 0 Å². The molecule has 8 heteroatoms. The number of piperazine rings is 1. The van der Waals surface area contributed by atoms with Gasteiger partial charge in [-0.3, -0.25) is 29.0 Å². The van der Waals surface area contributed by atoms with Crippen molar-refractivity contribution in [1.82, 2.24) is 24.5 Å². The fourth-order valence-corrected chi connectivity index (χ4v) is 4.79. The monoisotopic (exact) mass is 481 g/mol. The van der Waals surface area contributed by atoms with Gasteiger partial charge in [0.25, 0.3) is 11.8 Å². The van der Waals surface area contributed by atoms with Crippen LogP contribution in [0.5, 0.6) is 0 Å². The van der Waals surface area contributed by atoms with Crippen LogP contribution in [0.25, 0.3) is 10.9 Å². The van der Waals surface area contributed by atoms with E-state index in [1.54, 1.807) is 24.3 Å². The maximum atomic E-state index is 12.5. The third-order valence-electron chi connectivity index (χ3n) is 6.17. The first kappa shape index (κ1) is 20.4. The Balaban J connectivity index is 1.09. The first-order valence-electron chi connectivity index (χ1n) is 10.6. The van der Waals surface area contributed by atoms with Crippen LogP contribution in [-0.4, -0.2) is 82.1 Å². The lowest BCUT2D eigenvalue weighted by Gasteiger charge is -2.35. The summed E-state index contributed by atoms with van der Waals surface area (Å²) in [5.74, 6) is -0.338. The van der Waals surface area contributed by atoms with Crippen LogP contribution in [0.4, 0.5) is 0 Å². The van der Waals surface area contributed by atoms with E-state index in [9.17, 15) is 9.59 Å². The van der Waals surface area contributed by atoms with Crippen molar-refractivity contribution in [2.75, 3.05) is 45.8 Å². The number of hydrogen-bond donors (Lipinski definition) is 0. The number of halogens is 1. The summed E-state index contributed by atoms with van der Waals surface area (Å²) in [5.41, 5.74) is 2.05. The van der Waals surface area contributed by atoms with Gasteiger partial charge < -0.3 is 0 Å².